The summed E-state index contributed by atoms with van der Waals surface area (Å²) in [5.74, 6) is 2.64. The standard InChI is InChI=1S/C17H24N4/c1-5-7-15-20-16(18)12(4)17(21-15)19-14-9-6-8-13(10-14)11(2)3/h6,8-11H,5,7H2,1-4H3,(H3,18,19,20,21). The zero-order chi connectivity index (χ0) is 15.4. The number of nitrogens with two attached hydrogens (primary N) is 1. The van der Waals surface area contributed by atoms with Crippen LogP contribution in [0.3, 0.4) is 0 Å². The number of hydrogen-bond acceptors (Lipinski definition) is 4. The lowest BCUT2D eigenvalue weighted by Gasteiger charge is -2.13. The lowest BCUT2D eigenvalue weighted by atomic mass is 10.0. The highest BCUT2D eigenvalue weighted by Crippen LogP contribution is 2.24. The van der Waals surface area contributed by atoms with Crippen LogP contribution in [0.2, 0.25) is 0 Å². The van der Waals surface area contributed by atoms with Gasteiger partial charge in [-0.15, -0.1) is 0 Å². The first kappa shape index (κ1) is 15.3. The molecule has 0 atom stereocenters. The van der Waals surface area contributed by atoms with Crippen molar-refractivity contribution in [2.24, 2.45) is 0 Å². The molecule has 21 heavy (non-hydrogen) atoms. The summed E-state index contributed by atoms with van der Waals surface area (Å²) in [6.07, 6.45) is 1.84. The fraction of sp³-hybridized carbons (Fsp3) is 0.412. The Balaban J connectivity index is 2.32. The predicted octanol–water partition coefficient (Wildman–Crippen LogP) is 4.19. The van der Waals surface area contributed by atoms with Crippen LogP contribution in [-0.2, 0) is 6.42 Å². The van der Waals surface area contributed by atoms with E-state index in [-0.39, 0.29) is 0 Å². The van der Waals surface area contributed by atoms with E-state index in [1.807, 2.05) is 13.0 Å². The zero-order valence-corrected chi connectivity index (χ0v) is 13.3. The first-order chi connectivity index (χ1) is 10.0. The molecule has 0 spiro atoms. The lowest BCUT2D eigenvalue weighted by Crippen LogP contribution is -2.07. The van der Waals surface area contributed by atoms with Crippen molar-refractivity contribution in [3.8, 4) is 0 Å². The molecule has 0 fully saturated rings. The maximum absolute atomic E-state index is 5.99. The summed E-state index contributed by atoms with van der Waals surface area (Å²) in [5, 5.41) is 3.38. The first-order valence-corrected chi connectivity index (χ1v) is 7.51. The molecule has 0 bridgehead atoms. The largest absolute Gasteiger partial charge is 0.383 e. The van der Waals surface area contributed by atoms with Gasteiger partial charge in [-0.25, -0.2) is 9.97 Å². The second kappa shape index (κ2) is 6.57. The van der Waals surface area contributed by atoms with Crippen molar-refractivity contribution in [3.05, 3.63) is 41.2 Å². The molecule has 1 heterocycles. The second-order valence-electron chi connectivity index (χ2n) is 5.65. The molecule has 2 aromatic rings. The molecule has 3 N–H and O–H groups in total. The summed E-state index contributed by atoms with van der Waals surface area (Å²) in [6, 6.07) is 8.40. The van der Waals surface area contributed by atoms with Gasteiger partial charge in [0.25, 0.3) is 0 Å². The summed E-state index contributed by atoms with van der Waals surface area (Å²) < 4.78 is 0. The molecular weight excluding hydrogens is 260 g/mol. The smallest absolute Gasteiger partial charge is 0.139 e. The van der Waals surface area contributed by atoms with Gasteiger partial charge in [0.1, 0.15) is 17.5 Å². The topological polar surface area (TPSA) is 63.8 Å². The number of anilines is 3. The zero-order valence-electron chi connectivity index (χ0n) is 13.3. The van der Waals surface area contributed by atoms with Crippen LogP contribution in [0.25, 0.3) is 0 Å². The molecule has 0 aliphatic heterocycles. The van der Waals surface area contributed by atoms with Gasteiger partial charge in [-0.3, -0.25) is 0 Å². The summed E-state index contributed by atoms with van der Waals surface area (Å²) in [7, 11) is 0. The Labute approximate surface area is 126 Å². The average Bonchev–Trinajstić information content (AvgIpc) is 2.45. The first-order valence-electron chi connectivity index (χ1n) is 7.51. The summed E-state index contributed by atoms with van der Waals surface area (Å²) in [6.45, 7) is 8.43. The predicted molar refractivity (Wildman–Crippen MR) is 89.0 cm³/mol. The Morgan fingerprint density at radius 3 is 2.67 bits per heavy atom. The van der Waals surface area contributed by atoms with Gasteiger partial charge >= 0.3 is 0 Å². The number of aryl methyl sites for hydroxylation is 1. The summed E-state index contributed by atoms with van der Waals surface area (Å²) in [4.78, 5) is 8.93. The van der Waals surface area contributed by atoms with Gasteiger partial charge < -0.3 is 11.1 Å². The minimum absolute atomic E-state index is 0.499. The molecule has 0 unspecified atom stereocenters. The highest BCUT2D eigenvalue weighted by Gasteiger charge is 2.09. The van der Waals surface area contributed by atoms with Gasteiger partial charge in [0.05, 0.1) is 0 Å². The summed E-state index contributed by atoms with van der Waals surface area (Å²) >= 11 is 0. The van der Waals surface area contributed by atoms with Crippen molar-refractivity contribution < 1.29 is 0 Å². The number of aromatic nitrogens is 2. The number of nitrogen functional groups attached to an aromatic ring is 1. The van der Waals surface area contributed by atoms with Crippen LogP contribution in [0.1, 0.15) is 50.1 Å². The van der Waals surface area contributed by atoms with Crippen LogP contribution in [0.15, 0.2) is 24.3 Å². The van der Waals surface area contributed by atoms with Crippen molar-refractivity contribution in [3.63, 3.8) is 0 Å². The monoisotopic (exact) mass is 284 g/mol. The van der Waals surface area contributed by atoms with Crippen molar-refractivity contribution in [1.29, 1.82) is 0 Å². The van der Waals surface area contributed by atoms with Crippen LogP contribution in [0.5, 0.6) is 0 Å². The van der Waals surface area contributed by atoms with E-state index in [1.165, 1.54) is 5.56 Å². The van der Waals surface area contributed by atoms with E-state index in [2.05, 4.69) is 54.3 Å². The highest BCUT2D eigenvalue weighted by molar-refractivity contribution is 5.64. The minimum Gasteiger partial charge on any atom is -0.383 e. The average molecular weight is 284 g/mol. The van der Waals surface area contributed by atoms with Crippen LogP contribution >= 0.6 is 0 Å². The molecule has 0 aliphatic carbocycles. The Kier molecular flexibility index (Phi) is 4.78. The lowest BCUT2D eigenvalue weighted by molar-refractivity contribution is 0.836. The molecule has 4 heteroatoms. The molecule has 0 saturated heterocycles. The molecule has 0 radical (unpaired) electrons. The van der Waals surface area contributed by atoms with E-state index in [0.29, 0.717) is 11.7 Å². The Hall–Kier alpha value is -2.10. The van der Waals surface area contributed by atoms with Crippen LogP contribution in [0.4, 0.5) is 17.3 Å². The highest BCUT2D eigenvalue weighted by atomic mass is 15.1. The molecule has 0 saturated carbocycles. The van der Waals surface area contributed by atoms with Crippen molar-refractivity contribution in [2.75, 3.05) is 11.1 Å². The van der Waals surface area contributed by atoms with E-state index >= 15 is 0 Å². The van der Waals surface area contributed by atoms with E-state index in [1.54, 1.807) is 0 Å². The van der Waals surface area contributed by atoms with Crippen LogP contribution in [-0.4, -0.2) is 9.97 Å². The molecule has 0 aliphatic rings. The SMILES string of the molecule is CCCc1nc(N)c(C)c(Nc2cccc(C(C)C)c2)n1. The summed E-state index contributed by atoms with van der Waals surface area (Å²) in [5.41, 5.74) is 9.22. The molecule has 1 aromatic heterocycles. The Morgan fingerprint density at radius 2 is 2.00 bits per heavy atom. The van der Waals surface area contributed by atoms with Gasteiger partial charge in [0, 0.05) is 17.7 Å². The van der Waals surface area contributed by atoms with Gasteiger partial charge in [0.2, 0.25) is 0 Å². The molecule has 112 valence electrons. The van der Waals surface area contributed by atoms with Gasteiger partial charge in [-0.1, -0.05) is 32.9 Å². The maximum Gasteiger partial charge on any atom is 0.139 e. The van der Waals surface area contributed by atoms with E-state index in [0.717, 1.165) is 35.7 Å². The van der Waals surface area contributed by atoms with Crippen molar-refractivity contribution in [1.82, 2.24) is 9.97 Å². The number of nitrogens with one attached hydrogen (secondary N) is 1. The normalized spacial score (nSPS) is 10.9. The Bertz CT molecular complexity index is 620. The van der Waals surface area contributed by atoms with Gasteiger partial charge in [0.15, 0.2) is 0 Å². The number of nitrogens with zero attached hydrogens (tertiary/aromatic N) is 2. The number of hydrogen-bond donors (Lipinski definition) is 2. The van der Waals surface area contributed by atoms with E-state index in [4.69, 9.17) is 5.73 Å². The molecule has 0 amide bonds. The van der Waals surface area contributed by atoms with E-state index < -0.39 is 0 Å². The second-order valence-corrected chi connectivity index (χ2v) is 5.65. The number of benzene rings is 1. The van der Waals surface area contributed by atoms with E-state index in [9.17, 15) is 0 Å². The van der Waals surface area contributed by atoms with Gasteiger partial charge in [-0.05, 0) is 37.0 Å². The third kappa shape index (κ3) is 3.72. The van der Waals surface area contributed by atoms with Gasteiger partial charge in [-0.2, -0.15) is 0 Å². The number of rotatable bonds is 5. The Morgan fingerprint density at radius 1 is 1.24 bits per heavy atom. The van der Waals surface area contributed by atoms with Crippen LogP contribution < -0.4 is 11.1 Å². The minimum atomic E-state index is 0.499. The van der Waals surface area contributed by atoms with Crippen LogP contribution in [0, 0.1) is 6.92 Å². The third-order valence-corrected chi connectivity index (χ3v) is 3.52. The molecule has 1 aromatic carbocycles. The van der Waals surface area contributed by atoms with Crippen molar-refractivity contribution >= 4 is 17.3 Å². The maximum atomic E-state index is 5.99. The fourth-order valence-electron chi connectivity index (χ4n) is 2.15. The molecule has 2 rings (SSSR count). The molecule has 4 nitrogen and oxygen atoms in total. The third-order valence-electron chi connectivity index (χ3n) is 3.52. The van der Waals surface area contributed by atoms with Crippen molar-refractivity contribution in [2.45, 2.75) is 46.5 Å². The quantitative estimate of drug-likeness (QED) is 0.864. The fourth-order valence-corrected chi connectivity index (χ4v) is 2.15. The molecular formula is C17H24N4.